The van der Waals surface area contributed by atoms with E-state index < -0.39 is 36.2 Å². The predicted octanol–water partition coefficient (Wildman–Crippen LogP) is 2.18. The zero-order valence-electron chi connectivity index (χ0n) is 19.1. The molecule has 10 nitrogen and oxygen atoms in total. The molecule has 1 saturated heterocycles. The first kappa shape index (κ1) is 24.1. The number of carbonyl (C=O) groups is 2. The molecule has 0 radical (unpaired) electrons. The lowest BCUT2D eigenvalue weighted by Crippen LogP contribution is -2.50. The number of aliphatic hydroxyl groups is 2. The van der Waals surface area contributed by atoms with Crippen molar-refractivity contribution in [1.82, 2.24) is 15.1 Å². The van der Waals surface area contributed by atoms with Crippen molar-refractivity contribution in [3.05, 3.63) is 76.9 Å². The number of esters is 2. The second-order valence-electron chi connectivity index (χ2n) is 8.50. The summed E-state index contributed by atoms with van der Waals surface area (Å²) in [7, 11) is 1.61. The van der Waals surface area contributed by atoms with Crippen LogP contribution in [0.5, 0.6) is 5.75 Å². The highest BCUT2D eigenvalue weighted by Gasteiger charge is 2.55. The van der Waals surface area contributed by atoms with E-state index in [4.69, 9.17) is 25.8 Å². The van der Waals surface area contributed by atoms with Gasteiger partial charge in [-0.3, -0.25) is 0 Å². The van der Waals surface area contributed by atoms with Crippen molar-refractivity contribution < 1.29 is 34.0 Å². The van der Waals surface area contributed by atoms with Gasteiger partial charge in [0.15, 0.2) is 12.2 Å². The van der Waals surface area contributed by atoms with Crippen molar-refractivity contribution in [3.63, 3.8) is 0 Å². The first-order valence-corrected chi connectivity index (χ1v) is 11.5. The number of rotatable bonds is 3. The van der Waals surface area contributed by atoms with E-state index in [9.17, 15) is 19.8 Å². The van der Waals surface area contributed by atoms with Gasteiger partial charge in [0.1, 0.15) is 11.9 Å². The van der Waals surface area contributed by atoms with Crippen LogP contribution in [-0.2, 0) is 25.0 Å². The molecular weight excluding hydrogens is 490 g/mol. The fourth-order valence-electron chi connectivity index (χ4n) is 4.28. The van der Waals surface area contributed by atoms with Crippen molar-refractivity contribution in [1.29, 1.82) is 0 Å². The Hall–Kier alpha value is -3.57. The number of fused-ring (bicyclic) bond motifs is 2. The van der Waals surface area contributed by atoms with Gasteiger partial charge in [0, 0.05) is 35.3 Å². The van der Waals surface area contributed by atoms with Crippen LogP contribution in [0.3, 0.4) is 0 Å². The molecule has 2 aliphatic heterocycles. The molecule has 3 heterocycles. The third-order valence-corrected chi connectivity index (χ3v) is 6.44. The Bertz CT molecular complexity index is 1270. The minimum atomic E-state index is -2.10. The summed E-state index contributed by atoms with van der Waals surface area (Å²) in [4.78, 5) is 27.0. The summed E-state index contributed by atoms with van der Waals surface area (Å²) in [6.45, 7) is 0.264. The number of ether oxygens (including phenoxy) is 3. The van der Waals surface area contributed by atoms with E-state index in [1.165, 1.54) is 11.1 Å². The molecule has 11 heteroatoms. The Labute approximate surface area is 211 Å². The summed E-state index contributed by atoms with van der Waals surface area (Å²) in [6, 6.07) is 15.6. The molecule has 0 amide bonds. The monoisotopic (exact) mass is 511 g/mol. The van der Waals surface area contributed by atoms with Crippen LogP contribution in [-0.4, -0.2) is 63.0 Å². The van der Waals surface area contributed by atoms with Crippen LogP contribution in [0.1, 0.15) is 23.7 Å². The summed E-state index contributed by atoms with van der Waals surface area (Å²) >= 11 is 6.01. The van der Waals surface area contributed by atoms with Gasteiger partial charge in [-0.15, -0.1) is 0 Å². The topological polar surface area (TPSA) is 131 Å². The fraction of sp³-hybridized carbons (Fsp3) is 0.280. The van der Waals surface area contributed by atoms with Crippen LogP contribution < -0.4 is 4.74 Å². The minimum absolute atomic E-state index is 0.264. The van der Waals surface area contributed by atoms with Crippen LogP contribution in [0.15, 0.2) is 60.8 Å². The molecule has 186 valence electrons. The maximum atomic E-state index is 12.7. The van der Waals surface area contributed by atoms with Crippen LogP contribution in [0.25, 0.3) is 11.3 Å². The van der Waals surface area contributed by atoms with Crippen molar-refractivity contribution >= 4 is 23.5 Å². The Kier molecular flexibility index (Phi) is 6.35. The van der Waals surface area contributed by atoms with E-state index in [0.717, 1.165) is 0 Å². The van der Waals surface area contributed by atoms with E-state index in [-0.39, 0.29) is 12.1 Å². The maximum Gasteiger partial charge on any atom is 0.349 e. The minimum Gasteiger partial charge on any atom is -0.486 e. The third-order valence-electron chi connectivity index (χ3n) is 6.19. The molecule has 0 aliphatic carbocycles. The first-order chi connectivity index (χ1) is 17.3. The van der Waals surface area contributed by atoms with Gasteiger partial charge in [-0.25, -0.2) is 14.5 Å². The second-order valence-corrected chi connectivity index (χ2v) is 8.93. The predicted molar refractivity (Wildman–Crippen MR) is 125 cm³/mol. The fourth-order valence-corrected chi connectivity index (χ4v) is 4.41. The van der Waals surface area contributed by atoms with Crippen molar-refractivity contribution in [2.24, 2.45) is 0 Å². The Morgan fingerprint density at radius 1 is 1.06 bits per heavy atom. The highest BCUT2D eigenvalue weighted by Crippen LogP contribution is 2.44. The molecule has 1 spiro atoms. The zero-order valence-corrected chi connectivity index (χ0v) is 19.8. The van der Waals surface area contributed by atoms with Crippen molar-refractivity contribution in [2.75, 3.05) is 13.6 Å². The van der Waals surface area contributed by atoms with Crippen LogP contribution in [0.2, 0.25) is 5.02 Å². The normalized spacial score (nSPS) is 26.4. The molecule has 3 aromatic rings. The molecule has 5 rings (SSSR count). The number of aromatic nitrogens is 2. The number of carbonyl (C=O) groups excluding carboxylic acids is 2. The van der Waals surface area contributed by atoms with Crippen LogP contribution >= 0.6 is 11.6 Å². The SMILES string of the molecule is CN1CCC(Oc2ccc(Cl)cc2)c2ccc(-c3cccnn3)cc2C12OC(=O)C(O)C(O)C(=O)O2. The Balaban J connectivity index is 1.68. The molecule has 3 unspecified atom stereocenters. The lowest BCUT2D eigenvalue weighted by molar-refractivity contribution is -0.288. The van der Waals surface area contributed by atoms with Gasteiger partial charge in [0.25, 0.3) is 0 Å². The molecule has 36 heavy (non-hydrogen) atoms. The lowest BCUT2D eigenvalue weighted by Gasteiger charge is -2.38. The van der Waals surface area contributed by atoms with Gasteiger partial charge in [-0.2, -0.15) is 10.2 Å². The second kappa shape index (κ2) is 9.47. The van der Waals surface area contributed by atoms with Crippen LogP contribution in [0.4, 0.5) is 0 Å². The molecule has 1 aromatic heterocycles. The van der Waals surface area contributed by atoms with E-state index >= 15 is 0 Å². The van der Waals surface area contributed by atoms with Crippen LogP contribution in [0, 0.1) is 0 Å². The number of nitrogens with zero attached hydrogens (tertiary/aromatic N) is 3. The molecule has 0 bridgehead atoms. The molecule has 0 saturated carbocycles. The highest BCUT2D eigenvalue weighted by atomic mass is 35.5. The largest absolute Gasteiger partial charge is 0.486 e. The molecule has 2 aromatic carbocycles. The van der Waals surface area contributed by atoms with E-state index in [1.54, 1.807) is 55.6 Å². The summed E-state index contributed by atoms with van der Waals surface area (Å²) < 4.78 is 17.6. The van der Waals surface area contributed by atoms with E-state index in [1.807, 2.05) is 6.07 Å². The van der Waals surface area contributed by atoms with Gasteiger partial charge in [-0.1, -0.05) is 23.7 Å². The standard InChI is InChI=1S/C25H22ClN3O7/c1-29-12-10-20(34-16-7-5-15(26)6-8-16)17-9-4-14(19-3-2-11-27-28-19)13-18(17)25(29)35-23(32)21(30)22(31)24(33)36-25/h2-9,11,13,20-22,30-31H,10,12H2,1H3. The summed E-state index contributed by atoms with van der Waals surface area (Å²) in [5, 5.41) is 28.9. The summed E-state index contributed by atoms with van der Waals surface area (Å²) in [5.41, 5.74) is 2.00. The van der Waals surface area contributed by atoms with Crippen molar-refractivity contribution in [2.45, 2.75) is 30.6 Å². The van der Waals surface area contributed by atoms with E-state index in [0.29, 0.717) is 34.0 Å². The van der Waals surface area contributed by atoms with Gasteiger partial charge < -0.3 is 24.4 Å². The summed E-state index contributed by atoms with van der Waals surface area (Å²) in [5.74, 6) is -3.91. The average molecular weight is 512 g/mol. The Morgan fingerprint density at radius 2 is 1.75 bits per heavy atom. The third kappa shape index (κ3) is 4.28. The highest BCUT2D eigenvalue weighted by molar-refractivity contribution is 6.30. The van der Waals surface area contributed by atoms with Gasteiger partial charge in [0.2, 0.25) is 0 Å². The number of aliphatic hydroxyl groups excluding tert-OH is 2. The quantitative estimate of drug-likeness (QED) is 0.504. The van der Waals surface area contributed by atoms with Gasteiger partial charge >= 0.3 is 17.8 Å². The maximum absolute atomic E-state index is 12.7. The Morgan fingerprint density at radius 3 is 2.39 bits per heavy atom. The van der Waals surface area contributed by atoms with Gasteiger partial charge in [-0.05, 0) is 49.5 Å². The number of benzene rings is 2. The first-order valence-electron chi connectivity index (χ1n) is 11.2. The number of hydrogen-bond acceptors (Lipinski definition) is 10. The average Bonchev–Trinajstić information content (AvgIpc) is 3.05. The zero-order chi connectivity index (χ0) is 25.4. The molecule has 2 aliphatic rings. The molecule has 2 N–H and O–H groups in total. The van der Waals surface area contributed by atoms with Gasteiger partial charge in [0.05, 0.1) is 11.3 Å². The van der Waals surface area contributed by atoms with Crippen molar-refractivity contribution in [3.8, 4) is 17.0 Å². The number of halogens is 1. The number of hydrogen-bond donors (Lipinski definition) is 2. The summed E-state index contributed by atoms with van der Waals surface area (Å²) in [6.07, 6.45) is -2.76. The smallest absolute Gasteiger partial charge is 0.349 e. The molecule has 1 fully saturated rings. The molecule has 3 atom stereocenters. The molecular formula is C25H22ClN3O7. The van der Waals surface area contributed by atoms with E-state index in [2.05, 4.69) is 10.2 Å². The lowest BCUT2D eigenvalue weighted by atomic mass is 9.95.